The Bertz CT molecular complexity index is 243. The minimum Gasteiger partial charge on any atom is -0.480 e. The van der Waals surface area contributed by atoms with Crippen LogP contribution in [-0.4, -0.2) is 34.2 Å². The molecule has 0 spiro atoms. The van der Waals surface area contributed by atoms with Gasteiger partial charge in [-0.15, -0.1) is 0 Å². The van der Waals surface area contributed by atoms with Crippen molar-refractivity contribution in [3.8, 4) is 0 Å². The molecule has 0 fully saturated rings. The molecule has 0 saturated heterocycles. The van der Waals surface area contributed by atoms with Gasteiger partial charge in [-0.25, -0.2) is 0 Å². The fraction of sp³-hybridized carbons (Fsp3) is 0.500. The molecule has 2 atom stereocenters. The van der Waals surface area contributed by atoms with Gasteiger partial charge in [-0.1, -0.05) is 0 Å². The molecule has 2 amide bonds. The van der Waals surface area contributed by atoms with Crippen molar-refractivity contribution in [2.45, 2.75) is 18.2 Å². The third kappa shape index (κ3) is 3.79. The molecule has 0 aliphatic carbocycles. The average molecular weight is 206 g/mol. The van der Waals surface area contributed by atoms with Gasteiger partial charge < -0.3 is 16.2 Å². The molecule has 13 heavy (non-hydrogen) atoms. The van der Waals surface area contributed by atoms with Crippen molar-refractivity contribution in [3.63, 3.8) is 0 Å². The van der Waals surface area contributed by atoms with Crippen molar-refractivity contribution in [3.05, 3.63) is 0 Å². The van der Waals surface area contributed by atoms with E-state index < -0.39 is 29.1 Å². The zero-order valence-corrected chi connectivity index (χ0v) is 7.75. The Labute approximate surface area is 79.9 Å². The van der Waals surface area contributed by atoms with Gasteiger partial charge in [0.15, 0.2) is 0 Å². The van der Waals surface area contributed by atoms with E-state index in [1.54, 1.807) is 0 Å². The van der Waals surface area contributed by atoms with Gasteiger partial charge in [-0.3, -0.25) is 14.4 Å². The number of amides is 2. The topological polar surface area (TPSA) is 109 Å². The van der Waals surface area contributed by atoms with Crippen molar-refractivity contribution >= 4 is 30.4 Å². The Morgan fingerprint density at radius 1 is 1.46 bits per heavy atom. The SMILES string of the molecule is CC(=O)NC(C(N)=O)C(S)C(=O)O. The number of nitrogens with one attached hydrogen (secondary N) is 1. The van der Waals surface area contributed by atoms with E-state index in [-0.39, 0.29) is 0 Å². The van der Waals surface area contributed by atoms with E-state index >= 15 is 0 Å². The van der Waals surface area contributed by atoms with Gasteiger partial charge in [-0.05, 0) is 0 Å². The van der Waals surface area contributed by atoms with Gasteiger partial charge in [0, 0.05) is 6.92 Å². The summed E-state index contributed by atoms with van der Waals surface area (Å²) >= 11 is 3.62. The van der Waals surface area contributed by atoms with E-state index in [2.05, 4.69) is 17.9 Å². The summed E-state index contributed by atoms with van der Waals surface area (Å²) in [6.07, 6.45) is 0. The predicted octanol–water partition coefficient (Wildman–Crippen LogP) is -1.64. The highest BCUT2D eigenvalue weighted by molar-refractivity contribution is 7.81. The lowest BCUT2D eigenvalue weighted by atomic mass is 10.2. The molecule has 0 saturated carbocycles. The second-order valence-corrected chi connectivity index (χ2v) is 2.92. The molecule has 0 aromatic carbocycles. The largest absolute Gasteiger partial charge is 0.480 e. The number of hydrogen-bond acceptors (Lipinski definition) is 4. The number of thiol groups is 1. The molecule has 0 heterocycles. The fourth-order valence-corrected chi connectivity index (χ4v) is 0.889. The van der Waals surface area contributed by atoms with E-state index in [9.17, 15) is 14.4 Å². The first-order chi connectivity index (χ1) is 5.86. The number of carboxylic acids is 1. The minimum absolute atomic E-state index is 0.538. The van der Waals surface area contributed by atoms with Gasteiger partial charge in [0.2, 0.25) is 11.8 Å². The molecule has 7 heteroatoms. The Hall–Kier alpha value is -1.24. The Morgan fingerprint density at radius 2 is 1.92 bits per heavy atom. The number of carbonyl (C=O) groups excluding carboxylic acids is 2. The lowest BCUT2D eigenvalue weighted by Crippen LogP contribution is -2.51. The van der Waals surface area contributed by atoms with E-state index in [0.717, 1.165) is 6.92 Å². The second kappa shape index (κ2) is 4.70. The summed E-state index contributed by atoms with van der Waals surface area (Å²) < 4.78 is 0. The number of carboxylic acid groups (broad SMARTS) is 1. The summed E-state index contributed by atoms with van der Waals surface area (Å²) in [6.45, 7) is 1.15. The lowest BCUT2D eigenvalue weighted by Gasteiger charge is -2.16. The van der Waals surface area contributed by atoms with Gasteiger partial charge in [0.25, 0.3) is 0 Å². The maximum atomic E-state index is 10.7. The molecule has 0 radical (unpaired) electrons. The molecule has 6 nitrogen and oxygen atoms in total. The van der Waals surface area contributed by atoms with Gasteiger partial charge in [0.1, 0.15) is 11.3 Å². The van der Waals surface area contributed by atoms with Crippen molar-refractivity contribution in [2.24, 2.45) is 5.73 Å². The Balaban J connectivity index is 4.51. The number of aliphatic carboxylic acids is 1. The normalized spacial score (nSPS) is 14.3. The third-order valence-corrected chi connectivity index (χ3v) is 1.75. The van der Waals surface area contributed by atoms with Crippen LogP contribution in [0.2, 0.25) is 0 Å². The van der Waals surface area contributed by atoms with E-state index in [1.165, 1.54) is 0 Å². The highest BCUT2D eigenvalue weighted by atomic mass is 32.1. The monoisotopic (exact) mass is 206 g/mol. The second-order valence-electron chi connectivity index (χ2n) is 2.36. The maximum absolute atomic E-state index is 10.7. The van der Waals surface area contributed by atoms with E-state index in [4.69, 9.17) is 10.8 Å². The molecular formula is C6H10N2O4S. The van der Waals surface area contributed by atoms with Crippen molar-refractivity contribution in [1.29, 1.82) is 0 Å². The standard InChI is InChI=1S/C6H10N2O4S/c1-2(9)8-3(5(7)10)4(13)6(11)12/h3-4,13H,1H3,(H2,7,10)(H,8,9)(H,11,12). The first-order valence-electron chi connectivity index (χ1n) is 3.33. The highest BCUT2D eigenvalue weighted by Gasteiger charge is 2.29. The van der Waals surface area contributed by atoms with Gasteiger partial charge >= 0.3 is 5.97 Å². The molecule has 0 aliphatic rings. The van der Waals surface area contributed by atoms with E-state index in [0.29, 0.717) is 0 Å². The molecule has 0 aliphatic heterocycles. The summed E-state index contributed by atoms with van der Waals surface area (Å²) in [4.78, 5) is 31.6. The van der Waals surface area contributed by atoms with Crippen LogP contribution < -0.4 is 11.1 Å². The summed E-state index contributed by atoms with van der Waals surface area (Å²) in [5.41, 5.74) is 4.86. The molecule has 0 rings (SSSR count). The molecule has 4 N–H and O–H groups in total. The quantitative estimate of drug-likeness (QED) is 0.413. The Kier molecular flexibility index (Phi) is 4.26. The number of carbonyl (C=O) groups is 3. The van der Waals surface area contributed by atoms with Crippen molar-refractivity contribution in [2.75, 3.05) is 0 Å². The van der Waals surface area contributed by atoms with Gasteiger partial charge in [0.05, 0.1) is 0 Å². The van der Waals surface area contributed by atoms with Crippen LogP contribution in [-0.2, 0) is 14.4 Å². The minimum atomic E-state index is -1.33. The Morgan fingerprint density at radius 3 is 2.15 bits per heavy atom. The van der Waals surface area contributed by atoms with Crippen LogP contribution in [0.4, 0.5) is 0 Å². The predicted molar refractivity (Wildman–Crippen MR) is 47.2 cm³/mol. The third-order valence-electron chi connectivity index (χ3n) is 1.23. The van der Waals surface area contributed by atoms with Crippen LogP contribution in [0.25, 0.3) is 0 Å². The molecule has 0 aromatic heterocycles. The zero-order valence-electron chi connectivity index (χ0n) is 6.85. The van der Waals surface area contributed by atoms with Crippen LogP contribution in [0.5, 0.6) is 0 Å². The maximum Gasteiger partial charge on any atom is 0.319 e. The highest BCUT2D eigenvalue weighted by Crippen LogP contribution is 2.02. The number of nitrogens with two attached hydrogens (primary N) is 1. The number of hydrogen-bond donors (Lipinski definition) is 4. The van der Waals surface area contributed by atoms with Crippen LogP contribution in [0.1, 0.15) is 6.92 Å². The molecule has 0 aromatic rings. The zero-order chi connectivity index (χ0) is 10.6. The molecule has 0 bridgehead atoms. The van der Waals surface area contributed by atoms with Crippen LogP contribution in [0, 0.1) is 0 Å². The lowest BCUT2D eigenvalue weighted by molar-refractivity contribution is -0.139. The number of primary amides is 1. The fourth-order valence-electron chi connectivity index (χ4n) is 0.667. The first kappa shape index (κ1) is 11.8. The van der Waals surface area contributed by atoms with Crippen molar-refractivity contribution < 1.29 is 19.5 Å². The molecule has 2 unspecified atom stereocenters. The summed E-state index contributed by atoms with van der Waals surface area (Å²) in [7, 11) is 0. The van der Waals surface area contributed by atoms with Crippen LogP contribution in [0.15, 0.2) is 0 Å². The smallest absolute Gasteiger partial charge is 0.319 e. The summed E-state index contributed by atoms with van der Waals surface area (Å²) in [5, 5.41) is 9.24. The van der Waals surface area contributed by atoms with E-state index in [1.807, 2.05) is 0 Å². The van der Waals surface area contributed by atoms with Crippen molar-refractivity contribution in [1.82, 2.24) is 5.32 Å². The summed E-state index contributed by atoms with van der Waals surface area (Å²) in [6, 6.07) is -1.29. The number of rotatable bonds is 4. The molecule has 74 valence electrons. The van der Waals surface area contributed by atoms with Crippen LogP contribution in [0.3, 0.4) is 0 Å². The van der Waals surface area contributed by atoms with Crippen LogP contribution >= 0.6 is 12.6 Å². The van der Waals surface area contributed by atoms with Gasteiger partial charge in [-0.2, -0.15) is 12.6 Å². The summed E-state index contributed by atoms with van der Waals surface area (Å²) in [5.74, 6) is -2.79. The first-order valence-corrected chi connectivity index (χ1v) is 3.85. The molecular weight excluding hydrogens is 196 g/mol. The average Bonchev–Trinajstić information content (AvgIpc) is 1.97.